The largest absolute Gasteiger partial charge is 0.336 e. The fraction of sp³-hybridized carbons (Fsp3) is 0.154. The van der Waals surface area contributed by atoms with Gasteiger partial charge >= 0.3 is 0 Å². The van der Waals surface area contributed by atoms with Crippen LogP contribution in [0, 0.1) is 0 Å². The summed E-state index contributed by atoms with van der Waals surface area (Å²) in [5, 5.41) is 0. The molecule has 1 aromatic carbocycles. The van der Waals surface area contributed by atoms with Crippen molar-refractivity contribution in [3.05, 3.63) is 47.0 Å². The molecule has 19 heavy (non-hydrogen) atoms. The predicted octanol–water partition coefficient (Wildman–Crippen LogP) is 1.88. The standard InChI is InChI=1S/C13H10BrN3O2/c14-9-1-2-11-10(7-9)12(18)13(19)17(11)6-5-16-4-3-15-8-16/h1-4,7-8H,5-6H2. The number of hydrogen-bond acceptors (Lipinski definition) is 3. The summed E-state index contributed by atoms with van der Waals surface area (Å²) in [6, 6.07) is 5.30. The Balaban J connectivity index is 1.87. The van der Waals surface area contributed by atoms with Gasteiger partial charge in [-0.05, 0) is 18.2 Å². The van der Waals surface area contributed by atoms with E-state index < -0.39 is 11.7 Å². The van der Waals surface area contributed by atoms with Crippen molar-refractivity contribution in [2.24, 2.45) is 0 Å². The Morgan fingerprint density at radius 3 is 2.79 bits per heavy atom. The third-order valence-electron chi connectivity index (χ3n) is 3.07. The Hall–Kier alpha value is -1.95. The summed E-state index contributed by atoms with van der Waals surface area (Å²) in [6.07, 6.45) is 5.19. The minimum absolute atomic E-state index is 0.443. The molecule has 2 aromatic rings. The molecular weight excluding hydrogens is 310 g/mol. The number of halogens is 1. The molecule has 0 radical (unpaired) electrons. The Labute approximate surface area is 118 Å². The second-order valence-electron chi connectivity index (χ2n) is 4.25. The molecule has 3 rings (SSSR count). The number of aromatic nitrogens is 2. The van der Waals surface area contributed by atoms with Gasteiger partial charge in [0.2, 0.25) is 0 Å². The number of nitrogens with zero attached hydrogens (tertiary/aromatic N) is 3. The summed E-state index contributed by atoms with van der Waals surface area (Å²) < 4.78 is 2.66. The van der Waals surface area contributed by atoms with Crippen LogP contribution < -0.4 is 4.90 Å². The van der Waals surface area contributed by atoms with Crippen LogP contribution in [0.25, 0.3) is 0 Å². The Morgan fingerprint density at radius 2 is 2.05 bits per heavy atom. The van der Waals surface area contributed by atoms with Gasteiger partial charge in [0.1, 0.15) is 0 Å². The number of benzene rings is 1. The molecule has 0 N–H and O–H groups in total. The number of fused-ring (bicyclic) bond motifs is 1. The van der Waals surface area contributed by atoms with E-state index in [2.05, 4.69) is 20.9 Å². The zero-order chi connectivity index (χ0) is 13.4. The maximum atomic E-state index is 12.0. The molecule has 0 saturated carbocycles. The van der Waals surface area contributed by atoms with Crippen molar-refractivity contribution in [3.8, 4) is 0 Å². The van der Waals surface area contributed by atoms with Gasteiger partial charge in [-0.25, -0.2) is 4.98 Å². The molecule has 1 amide bonds. The van der Waals surface area contributed by atoms with Crippen molar-refractivity contribution in [2.45, 2.75) is 6.54 Å². The first kappa shape index (κ1) is 12.1. The van der Waals surface area contributed by atoms with E-state index in [1.807, 2.05) is 16.8 Å². The highest BCUT2D eigenvalue weighted by atomic mass is 79.9. The minimum Gasteiger partial charge on any atom is -0.336 e. The van der Waals surface area contributed by atoms with Crippen molar-refractivity contribution >= 4 is 33.3 Å². The number of carbonyl (C=O) groups excluding carboxylic acids is 2. The fourth-order valence-electron chi connectivity index (χ4n) is 2.13. The smallest absolute Gasteiger partial charge is 0.299 e. The zero-order valence-electron chi connectivity index (χ0n) is 9.91. The topological polar surface area (TPSA) is 55.2 Å². The number of carbonyl (C=O) groups is 2. The monoisotopic (exact) mass is 319 g/mol. The molecule has 0 unspecified atom stereocenters. The second-order valence-corrected chi connectivity index (χ2v) is 5.16. The molecular formula is C13H10BrN3O2. The molecule has 0 aliphatic carbocycles. The first-order chi connectivity index (χ1) is 9.16. The number of anilines is 1. The highest BCUT2D eigenvalue weighted by molar-refractivity contribution is 9.10. The first-order valence-corrected chi connectivity index (χ1v) is 6.57. The van der Waals surface area contributed by atoms with Crippen LogP contribution in [-0.4, -0.2) is 27.8 Å². The van der Waals surface area contributed by atoms with Crippen LogP contribution in [-0.2, 0) is 11.3 Å². The van der Waals surface area contributed by atoms with Crippen LogP contribution in [0.2, 0.25) is 0 Å². The van der Waals surface area contributed by atoms with E-state index in [1.54, 1.807) is 24.7 Å². The van der Waals surface area contributed by atoms with Gasteiger partial charge in [0, 0.05) is 30.0 Å². The van der Waals surface area contributed by atoms with Crippen molar-refractivity contribution in [3.63, 3.8) is 0 Å². The second kappa shape index (κ2) is 4.62. The van der Waals surface area contributed by atoms with Crippen molar-refractivity contribution < 1.29 is 9.59 Å². The number of hydrogen-bond donors (Lipinski definition) is 0. The Bertz CT molecular complexity index is 652. The van der Waals surface area contributed by atoms with Crippen LogP contribution >= 0.6 is 15.9 Å². The lowest BCUT2D eigenvalue weighted by Crippen LogP contribution is -2.32. The predicted molar refractivity (Wildman–Crippen MR) is 73.1 cm³/mol. The zero-order valence-corrected chi connectivity index (χ0v) is 11.5. The van der Waals surface area contributed by atoms with Gasteiger partial charge in [-0.2, -0.15) is 0 Å². The van der Waals surface area contributed by atoms with Gasteiger partial charge < -0.3 is 9.47 Å². The number of Topliss-reactive ketones (excluding diaryl/α,β-unsaturated/α-hetero) is 1. The molecule has 1 aliphatic heterocycles. The van der Waals surface area contributed by atoms with Crippen molar-refractivity contribution in [2.75, 3.05) is 11.4 Å². The van der Waals surface area contributed by atoms with E-state index >= 15 is 0 Å². The molecule has 0 saturated heterocycles. The van der Waals surface area contributed by atoms with Gasteiger partial charge in [-0.1, -0.05) is 15.9 Å². The van der Waals surface area contributed by atoms with Crippen LogP contribution in [0.3, 0.4) is 0 Å². The summed E-state index contributed by atoms with van der Waals surface area (Å²) >= 11 is 3.31. The van der Waals surface area contributed by atoms with Gasteiger partial charge in [0.05, 0.1) is 17.6 Å². The first-order valence-electron chi connectivity index (χ1n) is 5.78. The Kier molecular flexibility index (Phi) is 2.94. The molecule has 0 spiro atoms. The van der Waals surface area contributed by atoms with E-state index in [0.717, 1.165) is 4.47 Å². The molecule has 5 nitrogen and oxygen atoms in total. The van der Waals surface area contributed by atoms with Crippen LogP contribution in [0.5, 0.6) is 0 Å². The molecule has 0 atom stereocenters. The van der Waals surface area contributed by atoms with Crippen molar-refractivity contribution in [1.82, 2.24) is 9.55 Å². The lowest BCUT2D eigenvalue weighted by Gasteiger charge is -2.16. The Morgan fingerprint density at radius 1 is 1.21 bits per heavy atom. The van der Waals surface area contributed by atoms with Crippen LogP contribution in [0.4, 0.5) is 5.69 Å². The third-order valence-corrected chi connectivity index (χ3v) is 3.57. The van der Waals surface area contributed by atoms with E-state index in [1.165, 1.54) is 4.90 Å². The van der Waals surface area contributed by atoms with Crippen LogP contribution in [0.15, 0.2) is 41.4 Å². The number of ketones is 1. The average molecular weight is 320 g/mol. The summed E-state index contributed by atoms with van der Waals surface area (Å²) in [5.74, 6) is -0.907. The number of rotatable bonds is 3. The van der Waals surface area contributed by atoms with Crippen molar-refractivity contribution in [1.29, 1.82) is 0 Å². The fourth-order valence-corrected chi connectivity index (χ4v) is 2.49. The molecule has 6 heteroatoms. The minimum atomic E-state index is -0.465. The SMILES string of the molecule is O=C1C(=O)N(CCn2ccnc2)c2ccc(Br)cc21. The van der Waals surface area contributed by atoms with Gasteiger partial charge in [-0.15, -0.1) is 0 Å². The summed E-state index contributed by atoms with van der Waals surface area (Å²) in [7, 11) is 0. The normalized spacial score (nSPS) is 14.1. The summed E-state index contributed by atoms with van der Waals surface area (Å²) in [6.45, 7) is 1.06. The van der Waals surface area contributed by atoms with Crippen LogP contribution in [0.1, 0.15) is 10.4 Å². The molecule has 2 heterocycles. The lowest BCUT2D eigenvalue weighted by molar-refractivity contribution is -0.114. The lowest BCUT2D eigenvalue weighted by atomic mass is 10.1. The molecule has 1 aromatic heterocycles. The molecule has 0 fully saturated rings. The maximum absolute atomic E-state index is 12.0. The third kappa shape index (κ3) is 2.08. The molecule has 96 valence electrons. The summed E-state index contributed by atoms with van der Waals surface area (Å²) in [5.41, 5.74) is 1.14. The average Bonchev–Trinajstić information content (AvgIpc) is 2.98. The van der Waals surface area contributed by atoms with Gasteiger partial charge in [0.25, 0.3) is 11.7 Å². The molecule has 0 bridgehead atoms. The summed E-state index contributed by atoms with van der Waals surface area (Å²) in [4.78, 5) is 29.3. The van der Waals surface area contributed by atoms with E-state index in [9.17, 15) is 9.59 Å². The highest BCUT2D eigenvalue weighted by Crippen LogP contribution is 2.31. The highest BCUT2D eigenvalue weighted by Gasteiger charge is 2.35. The van der Waals surface area contributed by atoms with Gasteiger partial charge in [0.15, 0.2) is 0 Å². The number of imidazole rings is 1. The van der Waals surface area contributed by atoms with E-state index in [-0.39, 0.29) is 0 Å². The van der Waals surface area contributed by atoms with E-state index in [4.69, 9.17) is 0 Å². The maximum Gasteiger partial charge on any atom is 0.299 e. The molecule has 1 aliphatic rings. The van der Waals surface area contributed by atoms with E-state index in [0.29, 0.717) is 24.3 Å². The number of amides is 1. The quantitative estimate of drug-likeness (QED) is 0.812. The van der Waals surface area contributed by atoms with Gasteiger partial charge in [-0.3, -0.25) is 9.59 Å².